The first kappa shape index (κ1) is 16.9. The third-order valence-corrected chi connectivity index (χ3v) is 5.84. The highest BCUT2D eigenvalue weighted by atomic mass is 32.2. The summed E-state index contributed by atoms with van der Waals surface area (Å²) in [6, 6.07) is 0. The zero-order valence-electron chi connectivity index (χ0n) is 11.9. The maximum atomic E-state index is 12.0. The van der Waals surface area contributed by atoms with Crippen LogP contribution in [0.1, 0.15) is 6.92 Å². The van der Waals surface area contributed by atoms with E-state index in [9.17, 15) is 24.6 Å². The Morgan fingerprint density at radius 3 is 2.77 bits per heavy atom. The lowest BCUT2D eigenvalue weighted by molar-refractivity contribution is -0.156. The van der Waals surface area contributed by atoms with Crippen molar-refractivity contribution in [1.82, 2.24) is 4.90 Å². The Kier molecular flexibility index (Phi) is 5.20. The van der Waals surface area contributed by atoms with Gasteiger partial charge in [-0.1, -0.05) is 17.8 Å². The van der Waals surface area contributed by atoms with E-state index in [0.29, 0.717) is 9.99 Å². The number of aliphatic hydroxyl groups excluding tert-OH is 1. The second kappa shape index (κ2) is 6.76. The minimum Gasteiger partial charge on any atom is -0.477 e. The summed E-state index contributed by atoms with van der Waals surface area (Å²) in [5, 5.41) is 18.5. The van der Waals surface area contributed by atoms with Crippen molar-refractivity contribution < 1.29 is 29.3 Å². The van der Waals surface area contributed by atoms with Crippen molar-refractivity contribution in [3.05, 3.63) is 22.1 Å². The monoisotopic (exact) mass is 345 g/mol. The average molecular weight is 345 g/mol. The molecular formula is C13H15NO6S2. The third-order valence-electron chi connectivity index (χ3n) is 3.23. The molecule has 0 aromatic heterocycles. The Morgan fingerprint density at radius 2 is 2.23 bits per heavy atom. The van der Waals surface area contributed by atoms with E-state index in [2.05, 4.69) is 4.74 Å². The number of thioether (sulfide) groups is 2. The summed E-state index contributed by atoms with van der Waals surface area (Å²) in [5.74, 6) is -2.23. The quantitative estimate of drug-likeness (QED) is 0.410. The van der Waals surface area contributed by atoms with Crippen LogP contribution in [0.2, 0.25) is 0 Å². The number of carbonyl (C=O) groups is 3. The van der Waals surface area contributed by atoms with Crippen LogP contribution in [-0.2, 0) is 19.1 Å². The lowest BCUT2D eigenvalue weighted by Crippen LogP contribution is -2.60. The molecule has 0 aromatic carbocycles. The van der Waals surface area contributed by atoms with Gasteiger partial charge < -0.3 is 14.9 Å². The summed E-state index contributed by atoms with van der Waals surface area (Å²) in [6.45, 7) is 1.52. The van der Waals surface area contributed by atoms with Gasteiger partial charge in [-0.05, 0) is 6.92 Å². The number of ether oxygens (including phenoxy) is 1. The Morgan fingerprint density at radius 1 is 1.55 bits per heavy atom. The molecule has 2 aliphatic rings. The van der Waals surface area contributed by atoms with Crippen LogP contribution in [0.4, 0.5) is 0 Å². The van der Waals surface area contributed by atoms with E-state index in [1.807, 2.05) is 0 Å². The van der Waals surface area contributed by atoms with Gasteiger partial charge in [0.15, 0.2) is 5.70 Å². The van der Waals surface area contributed by atoms with Gasteiger partial charge in [0.25, 0.3) is 0 Å². The van der Waals surface area contributed by atoms with Crippen molar-refractivity contribution in [2.75, 3.05) is 12.9 Å². The molecule has 0 aromatic rings. The predicted molar refractivity (Wildman–Crippen MR) is 81.7 cm³/mol. The molecule has 9 heteroatoms. The normalized spacial score (nSPS) is 25.2. The van der Waals surface area contributed by atoms with Gasteiger partial charge in [-0.25, -0.2) is 9.59 Å². The first-order chi connectivity index (χ1) is 10.4. The Hall–Kier alpha value is -1.45. The van der Waals surface area contributed by atoms with Crippen LogP contribution in [0, 0.1) is 5.92 Å². The number of carboxylic acid groups (broad SMARTS) is 1. The van der Waals surface area contributed by atoms with Gasteiger partial charge in [-0.2, -0.15) is 0 Å². The predicted octanol–water partition coefficient (Wildman–Crippen LogP) is 0.615. The van der Waals surface area contributed by atoms with Crippen LogP contribution < -0.4 is 0 Å². The van der Waals surface area contributed by atoms with Crippen LogP contribution in [-0.4, -0.2) is 57.3 Å². The number of β-lactam (4-membered cyclic amide) rings is 1. The van der Waals surface area contributed by atoms with E-state index in [4.69, 9.17) is 0 Å². The summed E-state index contributed by atoms with van der Waals surface area (Å²) in [5.41, 5.74) is -0.0478. The van der Waals surface area contributed by atoms with E-state index in [1.165, 1.54) is 48.5 Å². The molecule has 0 aliphatic carbocycles. The number of carboxylic acids is 1. The van der Waals surface area contributed by atoms with Crippen molar-refractivity contribution in [3.63, 3.8) is 0 Å². The molecule has 2 aliphatic heterocycles. The van der Waals surface area contributed by atoms with Gasteiger partial charge in [0.1, 0.15) is 5.37 Å². The number of fused-ring (bicyclic) bond motifs is 1. The number of aliphatic carboxylic acids is 1. The fourth-order valence-corrected chi connectivity index (χ4v) is 4.95. The molecule has 1 amide bonds. The number of aliphatic hydroxyl groups is 1. The molecule has 1 saturated heterocycles. The number of nitrogens with zero attached hydrogens (tertiary/aromatic N) is 1. The number of hydrogen-bond donors (Lipinski definition) is 2. The summed E-state index contributed by atoms with van der Waals surface area (Å²) in [7, 11) is 1.27. The fourth-order valence-electron chi connectivity index (χ4n) is 2.19. The second-order valence-electron chi connectivity index (χ2n) is 4.66. The van der Waals surface area contributed by atoms with Crippen molar-refractivity contribution in [1.29, 1.82) is 0 Å². The summed E-state index contributed by atoms with van der Waals surface area (Å²) >= 11 is 2.49. The molecule has 2 rings (SSSR count). The lowest BCUT2D eigenvalue weighted by atomic mass is 9.92. The largest absolute Gasteiger partial charge is 0.477 e. The average Bonchev–Trinajstić information content (AvgIpc) is 2.77. The highest BCUT2D eigenvalue weighted by molar-refractivity contribution is 8.22. The third kappa shape index (κ3) is 3.01. The molecule has 0 unspecified atom stereocenters. The molecule has 0 bridgehead atoms. The van der Waals surface area contributed by atoms with Crippen LogP contribution in [0.25, 0.3) is 0 Å². The van der Waals surface area contributed by atoms with E-state index in [1.54, 1.807) is 6.08 Å². The minimum atomic E-state index is -1.17. The number of hydrogen-bond acceptors (Lipinski definition) is 7. The Bertz CT molecular complexity index is 571. The standard InChI is InChI=1S/C13H15NO6S2/c1-6(15)8-10(17)14-9(12(18)19)13(22-11(8)14)21-5-3-4-7(16)20-2/h3-4,6,8,11,15H,5H2,1-2H3,(H,18,19)/b4-3-/t6-,8+,11-/m1/s1. The molecule has 2 heterocycles. The Labute approximate surface area is 135 Å². The van der Waals surface area contributed by atoms with Crippen molar-refractivity contribution in [2.24, 2.45) is 5.92 Å². The van der Waals surface area contributed by atoms with Crippen LogP contribution in [0.3, 0.4) is 0 Å². The zero-order chi connectivity index (χ0) is 16.4. The number of amides is 1. The van der Waals surface area contributed by atoms with Crippen molar-refractivity contribution in [3.8, 4) is 0 Å². The van der Waals surface area contributed by atoms with Gasteiger partial charge in [-0.3, -0.25) is 9.69 Å². The van der Waals surface area contributed by atoms with E-state index < -0.39 is 24.0 Å². The second-order valence-corrected chi connectivity index (χ2v) is 7.08. The summed E-state index contributed by atoms with van der Waals surface area (Å²) in [6.07, 6.45) is 2.00. The van der Waals surface area contributed by atoms with Crippen LogP contribution in [0.15, 0.2) is 22.1 Å². The molecule has 3 atom stereocenters. The number of methoxy groups -OCH3 is 1. The van der Waals surface area contributed by atoms with Crippen molar-refractivity contribution >= 4 is 41.4 Å². The van der Waals surface area contributed by atoms with Crippen LogP contribution in [0.5, 0.6) is 0 Å². The topological polar surface area (TPSA) is 104 Å². The molecule has 0 radical (unpaired) electrons. The molecule has 2 N–H and O–H groups in total. The molecule has 1 fully saturated rings. The highest BCUT2D eigenvalue weighted by Gasteiger charge is 2.57. The summed E-state index contributed by atoms with van der Waals surface area (Å²) < 4.78 is 4.96. The maximum absolute atomic E-state index is 12.0. The number of esters is 1. The van der Waals surface area contributed by atoms with Gasteiger partial charge in [0.2, 0.25) is 5.91 Å². The van der Waals surface area contributed by atoms with E-state index in [0.717, 1.165) is 0 Å². The molecule has 0 spiro atoms. The smallest absolute Gasteiger partial charge is 0.354 e. The number of rotatable bonds is 6. The maximum Gasteiger partial charge on any atom is 0.354 e. The van der Waals surface area contributed by atoms with Gasteiger partial charge in [-0.15, -0.1) is 11.8 Å². The highest BCUT2D eigenvalue weighted by Crippen LogP contribution is 2.53. The molecule has 0 saturated carbocycles. The van der Waals surface area contributed by atoms with Gasteiger partial charge in [0, 0.05) is 11.8 Å². The molecule has 7 nitrogen and oxygen atoms in total. The first-order valence-corrected chi connectivity index (χ1v) is 8.27. The fraction of sp³-hybridized carbons (Fsp3) is 0.462. The molecule has 22 heavy (non-hydrogen) atoms. The van der Waals surface area contributed by atoms with Gasteiger partial charge in [0.05, 0.1) is 23.4 Å². The first-order valence-electron chi connectivity index (χ1n) is 6.41. The SMILES string of the molecule is COC(=O)/C=C\CSC1=C(C(=O)O)N2C(=O)[C@H]([C@@H](C)O)[C@H]2S1. The van der Waals surface area contributed by atoms with Gasteiger partial charge >= 0.3 is 11.9 Å². The molecular weight excluding hydrogens is 330 g/mol. The van der Waals surface area contributed by atoms with Crippen molar-refractivity contribution in [2.45, 2.75) is 18.4 Å². The number of carbonyl (C=O) groups excluding carboxylic acids is 2. The van der Waals surface area contributed by atoms with E-state index in [-0.39, 0.29) is 17.0 Å². The van der Waals surface area contributed by atoms with E-state index >= 15 is 0 Å². The lowest BCUT2D eigenvalue weighted by Gasteiger charge is -2.43. The van der Waals surface area contributed by atoms with Crippen LogP contribution >= 0.6 is 23.5 Å². The Balaban J connectivity index is 2.07. The molecule has 120 valence electrons. The zero-order valence-corrected chi connectivity index (χ0v) is 13.5. The minimum absolute atomic E-state index is 0.0478. The summed E-state index contributed by atoms with van der Waals surface area (Å²) in [4.78, 5) is 35.5.